The molecule has 0 saturated carbocycles. The van der Waals surface area contributed by atoms with Crippen LogP contribution in [0.25, 0.3) is 22.2 Å². The standard InChI is InChI=1S/C34H38Cl2N6O6/c1-6-8-28(44)41-11-10-40(3)22(17-41)18-42-32-21(14-24(33(42)45)29-30(35)26(46-4)15-27(47-5)31(29)36)16-37-34(39-32)38-25-19-48-12-9-20(25)13-23(43)7-2/h7,14-16,20,22,25H,2,9-13,17-19H2,1,3-5H3,(H,37,38,39)/t20-,22?,25-/m1/s1. The van der Waals surface area contributed by atoms with Crippen molar-refractivity contribution in [2.75, 3.05) is 59.4 Å². The van der Waals surface area contributed by atoms with E-state index in [0.29, 0.717) is 56.7 Å². The van der Waals surface area contributed by atoms with Gasteiger partial charge in [0.25, 0.3) is 11.5 Å². The molecule has 14 heteroatoms. The van der Waals surface area contributed by atoms with Crippen molar-refractivity contribution >= 4 is 51.9 Å². The Balaban J connectivity index is 1.64. The summed E-state index contributed by atoms with van der Waals surface area (Å²) in [6, 6.07) is 2.72. The Hall–Kier alpha value is -4.15. The number of rotatable bonds is 10. The molecule has 0 spiro atoms. The lowest BCUT2D eigenvalue weighted by Crippen LogP contribution is -2.55. The monoisotopic (exact) mass is 696 g/mol. The minimum atomic E-state index is -0.410. The summed E-state index contributed by atoms with van der Waals surface area (Å²) < 4.78 is 18.2. The molecule has 5 rings (SSSR count). The fourth-order valence-corrected chi connectivity index (χ4v) is 6.82. The number of amides is 1. The summed E-state index contributed by atoms with van der Waals surface area (Å²) in [5, 5.41) is 4.18. The molecule has 0 aliphatic carbocycles. The molecule has 1 unspecified atom stereocenters. The summed E-state index contributed by atoms with van der Waals surface area (Å²) in [7, 11) is 4.87. The van der Waals surface area contributed by atoms with Gasteiger partial charge in [-0.2, -0.15) is 4.98 Å². The number of benzene rings is 1. The molecular weight excluding hydrogens is 659 g/mol. The molecule has 12 nitrogen and oxygen atoms in total. The molecule has 2 fully saturated rings. The first kappa shape index (κ1) is 35.2. The molecule has 2 aliphatic rings. The molecule has 2 saturated heterocycles. The Kier molecular flexibility index (Phi) is 11.3. The predicted octanol–water partition coefficient (Wildman–Crippen LogP) is 3.91. The van der Waals surface area contributed by atoms with E-state index in [9.17, 15) is 14.4 Å². The Morgan fingerprint density at radius 1 is 1.19 bits per heavy atom. The van der Waals surface area contributed by atoms with Gasteiger partial charge in [-0.15, -0.1) is 0 Å². The lowest BCUT2D eigenvalue weighted by molar-refractivity contribution is -0.127. The summed E-state index contributed by atoms with van der Waals surface area (Å²) in [5.74, 6) is 5.82. The highest BCUT2D eigenvalue weighted by molar-refractivity contribution is 6.41. The molecule has 48 heavy (non-hydrogen) atoms. The number of nitrogens with zero attached hydrogens (tertiary/aromatic N) is 5. The zero-order chi connectivity index (χ0) is 34.5. The van der Waals surface area contributed by atoms with Crippen molar-refractivity contribution in [3.63, 3.8) is 0 Å². The van der Waals surface area contributed by atoms with E-state index in [2.05, 4.69) is 33.6 Å². The first-order valence-corrected chi connectivity index (χ1v) is 16.3. The van der Waals surface area contributed by atoms with Crippen molar-refractivity contribution in [1.29, 1.82) is 0 Å². The number of anilines is 1. The summed E-state index contributed by atoms with van der Waals surface area (Å²) in [6.45, 7) is 7.78. The van der Waals surface area contributed by atoms with E-state index in [0.717, 1.165) is 0 Å². The van der Waals surface area contributed by atoms with E-state index in [4.69, 9.17) is 42.4 Å². The van der Waals surface area contributed by atoms with Crippen molar-refractivity contribution < 1.29 is 23.8 Å². The highest BCUT2D eigenvalue weighted by atomic mass is 35.5. The number of ketones is 1. The average molecular weight is 698 g/mol. The number of ether oxygens (including phenoxy) is 3. The van der Waals surface area contributed by atoms with Crippen LogP contribution in [0.5, 0.6) is 11.5 Å². The average Bonchev–Trinajstić information content (AvgIpc) is 3.08. The van der Waals surface area contributed by atoms with Gasteiger partial charge < -0.3 is 24.4 Å². The van der Waals surface area contributed by atoms with Crippen LogP contribution in [-0.2, 0) is 20.9 Å². The zero-order valence-corrected chi connectivity index (χ0v) is 28.9. The predicted molar refractivity (Wildman–Crippen MR) is 185 cm³/mol. The van der Waals surface area contributed by atoms with E-state index in [-0.39, 0.29) is 74.9 Å². The quantitative estimate of drug-likeness (QED) is 0.246. The first-order chi connectivity index (χ1) is 23.1. The molecule has 1 amide bonds. The van der Waals surface area contributed by atoms with Gasteiger partial charge in [-0.1, -0.05) is 35.7 Å². The van der Waals surface area contributed by atoms with Crippen LogP contribution < -0.4 is 20.3 Å². The van der Waals surface area contributed by atoms with Gasteiger partial charge in [-0.3, -0.25) is 23.9 Å². The maximum Gasteiger partial charge on any atom is 0.298 e. The number of halogens is 2. The van der Waals surface area contributed by atoms with Gasteiger partial charge in [-0.25, -0.2) is 4.98 Å². The van der Waals surface area contributed by atoms with Crippen LogP contribution in [0.15, 0.2) is 35.8 Å². The number of pyridine rings is 1. The number of methoxy groups -OCH3 is 2. The number of allylic oxidation sites excluding steroid dienone is 1. The molecule has 2 aliphatic heterocycles. The Labute approximate surface area is 289 Å². The molecule has 2 aromatic heterocycles. The van der Waals surface area contributed by atoms with E-state index in [1.165, 1.54) is 20.3 Å². The van der Waals surface area contributed by atoms with Crippen LogP contribution in [0.2, 0.25) is 10.0 Å². The lowest BCUT2D eigenvalue weighted by atomic mass is 9.90. The van der Waals surface area contributed by atoms with E-state index >= 15 is 0 Å². The number of carbonyl (C=O) groups excluding carboxylic acids is 2. The number of fused-ring (bicyclic) bond motifs is 1. The Bertz CT molecular complexity index is 1830. The normalized spacial score (nSPS) is 19.7. The second-order valence-electron chi connectivity index (χ2n) is 11.7. The van der Waals surface area contributed by atoms with Crippen LogP contribution in [0, 0.1) is 17.8 Å². The van der Waals surface area contributed by atoms with Gasteiger partial charge in [0.2, 0.25) is 5.95 Å². The largest absolute Gasteiger partial charge is 0.495 e. The summed E-state index contributed by atoms with van der Waals surface area (Å²) in [6.07, 6.45) is 3.96. The number of hydrogen-bond donors (Lipinski definition) is 1. The number of likely N-dealkylation sites (N-methyl/N-ethyl adjacent to an activating group) is 1. The smallest absolute Gasteiger partial charge is 0.298 e. The summed E-state index contributed by atoms with van der Waals surface area (Å²) in [5.41, 5.74) is 0.403. The maximum absolute atomic E-state index is 14.6. The second kappa shape index (κ2) is 15.4. The van der Waals surface area contributed by atoms with Crippen molar-refractivity contribution in [2.24, 2.45) is 5.92 Å². The van der Waals surface area contributed by atoms with Gasteiger partial charge >= 0.3 is 0 Å². The van der Waals surface area contributed by atoms with E-state index in [1.54, 1.807) is 34.7 Å². The molecule has 0 radical (unpaired) electrons. The van der Waals surface area contributed by atoms with Crippen molar-refractivity contribution in [3.05, 3.63) is 51.4 Å². The molecule has 1 N–H and O–H groups in total. The maximum atomic E-state index is 14.6. The molecule has 3 atom stereocenters. The number of hydrogen-bond acceptors (Lipinski definition) is 10. The van der Waals surface area contributed by atoms with Gasteiger partial charge in [0.15, 0.2) is 5.78 Å². The molecular formula is C34H38Cl2N6O6. The zero-order valence-electron chi connectivity index (χ0n) is 27.3. The Morgan fingerprint density at radius 2 is 1.92 bits per heavy atom. The number of aromatic nitrogens is 3. The van der Waals surface area contributed by atoms with Gasteiger partial charge in [0.05, 0.1) is 42.5 Å². The fraction of sp³-hybridized carbons (Fsp3) is 0.441. The van der Waals surface area contributed by atoms with Crippen molar-refractivity contribution in [1.82, 2.24) is 24.3 Å². The van der Waals surface area contributed by atoms with Crippen LogP contribution in [0.4, 0.5) is 5.95 Å². The lowest BCUT2D eigenvalue weighted by Gasteiger charge is -2.39. The minimum Gasteiger partial charge on any atom is -0.495 e. The van der Waals surface area contributed by atoms with E-state index in [1.807, 2.05) is 7.05 Å². The third-order valence-corrected chi connectivity index (χ3v) is 9.62. The van der Waals surface area contributed by atoms with E-state index < -0.39 is 5.56 Å². The summed E-state index contributed by atoms with van der Waals surface area (Å²) in [4.78, 5) is 52.7. The van der Waals surface area contributed by atoms with Crippen LogP contribution in [0.1, 0.15) is 19.8 Å². The molecule has 3 aromatic rings. The van der Waals surface area contributed by atoms with Gasteiger partial charge in [0, 0.05) is 68.5 Å². The minimum absolute atomic E-state index is 0.00827. The third-order valence-electron chi connectivity index (χ3n) is 8.86. The van der Waals surface area contributed by atoms with Gasteiger partial charge in [-0.05, 0) is 44.4 Å². The number of carbonyl (C=O) groups is 2. The highest BCUT2D eigenvalue weighted by Crippen LogP contribution is 2.45. The topological polar surface area (TPSA) is 128 Å². The van der Waals surface area contributed by atoms with Crippen molar-refractivity contribution in [2.45, 2.75) is 38.4 Å². The third kappa shape index (κ3) is 7.29. The van der Waals surface area contributed by atoms with Crippen LogP contribution >= 0.6 is 23.2 Å². The molecule has 4 heterocycles. The van der Waals surface area contributed by atoms with Gasteiger partial charge in [0.1, 0.15) is 17.1 Å². The Morgan fingerprint density at radius 3 is 2.58 bits per heavy atom. The summed E-state index contributed by atoms with van der Waals surface area (Å²) >= 11 is 13.6. The van der Waals surface area contributed by atoms with Crippen LogP contribution in [0.3, 0.4) is 0 Å². The molecule has 0 bridgehead atoms. The second-order valence-corrected chi connectivity index (χ2v) is 12.5. The number of piperazine rings is 1. The fourth-order valence-electron chi connectivity index (χ4n) is 6.12. The number of nitrogens with one attached hydrogen (secondary N) is 1. The molecule has 1 aromatic carbocycles. The van der Waals surface area contributed by atoms with Crippen LogP contribution in [-0.4, -0.2) is 102 Å². The highest BCUT2D eigenvalue weighted by Gasteiger charge is 2.31. The van der Waals surface area contributed by atoms with Crippen molar-refractivity contribution in [3.8, 4) is 34.5 Å². The first-order valence-electron chi connectivity index (χ1n) is 15.5. The SMILES string of the molecule is C=CC(=O)C[C@H]1CCOC[C@H]1Nc1ncc2cc(-c3c(Cl)c(OC)cc(OC)c3Cl)c(=O)n(CC3CN(C(=O)C#CC)CCN3C)c2n1. The molecule has 254 valence electrons.